The van der Waals surface area contributed by atoms with Crippen LogP contribution < -0.4 is 10.5 Å². The summed E-state index contributed by atoms with van der Waals surface area (Å²) in [5.41, 5.74) is 6.55. The average molecular weight is 305 g/mol. The van der Waals surface area contributed by atoms with E-state index in [0.717, 1.165) is 19.3 Å². The molecule has 0 bridgehead atoms. The molecule has 3 N–H and O–H groups in total. The van der Waals surface area contributed by atoms with Crippen molar-refractivity contribution in [1.29, 1.82) is 0 Å². The molecule has 1 heterocycles. The molecule has 0 radical (unpaired) electrons. The largest absolute Gasteiger partial charge is 0.328 e. The highest BCUT2D eigenvalue weighted by Crippen LogP contribution is 2.25. The number of aromatic nitrogens is 1. The standard InChI is InChI=1S/C15H19N3O2S/c16-12-7-6-11(9-12)10-18-21(19,20)15-5-1-4-14-13(15)3-2-8-17-14/h1-5,8,11-12,18H,6-7,9-10,16H2. The predicted molar refractivity (Wildman–Crippen MR) is 82.2 cm³/mol. The minimum absolute atomic E-state index is 0.209. The molecule has 1 aromatic carbocycles. The van der Waals surface area contributed by atoms with Gasteiger partial charge in [0.1, 0.15) is 0 Å². The third kappa shape index (κ3) is 3.07. The number of pyridine rings is 1. The normalized spacial score (nSPS) is 22.7. The second-order valence-corrected chi connectivity index (χ2v) is 7.35. The van der Waals surface area contributed by atoms with E-state index >= 15 is 0 Å². The molecular formula is C15H19N3O2S. The Labute approximate surface area is 124 Å². The van der Waals surface area contributed by atoms with Gasteiger partial charge in [0.2, 0.25) is 10.0 Å². The van der Waals surface area contributed by atoms with E-state index in [4.69, 9.17) is 5.73 Å². The number of fused-ring (bicyclic) bond motifs is 1. The summed E-state index contributed by atoms with van der Waals surface area (Å²) in [6, 6.07) is 8.88. The van der Waals surface area contributed by atoms with Crippen molar-refractivity contribution in [2.24, 2.45) is 11.7 Å². The zero-order valence-electron chi connectivity index (χ0n) is 11.7. The fourth-order valence-electron chi connectivity index (χ4n) is 2.91. The molecule has 3 rings (SSSR count). The summed E-state index contributed by atoms with van der Waals surface area (Å²) in [6.45, 7) is 0.451. The van der Waals surface area contributed by atoms with Gasteiger partial charge in [0.25, 0.3) is 0 Å². The van der Waals surface area contributed by atoms with Crippen molar-refractivity contribution in [1.82, 2.24) is 9.71 Å². The van der Waals surface area contributed by atoms with E-state index in [1.54, 1.807) is 30.5 Å². The second-order valence-electron chi connectivity index (χ2n) is 5.62. The minimum Gasteiger partial charge on any atom is -0.328 e. The summed E-state index contributed by atoms with van der Waals surface area (Å²) in [6.07, 6.45) is 4.51. The molecule has 1 saturated carbocycles. The van der Waals surface area contributed by atoms with Gasteiger partial charge in [0.15, 0.2) is 0 Å². The first-order valence-corrected chi connectivity index (χ1v) is 8.63. The van der Waals surface area contributed by atoms with E-state index < -0.39 is 10.0 Å². The number of hydrogen-bond donors (Lipinski definition) is 2. The average Bonchev–Trinajstić information content (AvgIpc) is 2.90. The molecule has 0 amide bonds. The quantitative estimate of drug-likeness (QED) is 0.899. The predicted octanol–water partition coefficient (Wildman–Crippen LogP) is 1.64. The van der Waals surface area contributed by atoms with E-state index in [2.05, 4.69) is 9.71 Å². The highest BCUT2D eigenvalue weighted by molar-refractivity contribution is 7.89. The first-order chi connectivity index (χ1) is 10.1. The molecular weight excluding hydrogens is 286 g/mol. The summed E-state index contributed by atoms with van der Waals surface area (Å²) in [7, 11) is -3.52. The number of rotatable bonds is 4. The summed E-state index contributed by atoms with van der Waals surface area (Å²) >= 11 is 0. The van der Waals surface area contributed by atoms with Crippen LogP contribution in [0, 0.1) is 5.92 Å². The monoisotopic (exact) mass is 305 g/mol. The highest BCUT2D eigenvalue weighted by Gasteiger charge is 2.24. The van der Waals surface area contributed by atoms with Crippen molar-refractivity contribution in [3.63, 3.8) is 0 Å². The molecule has 1 fully saturated rings. The van der Waals surface area contributed by atoms with Crippen molar-refractivity contribution < 1.29 is 8.42 Å². The Hall–Kier alpha value is -1.50. The van der Waals surface area contributed by atoms with Crippen molar-refractivity contribution in [3.05, 3.63) is 36.5 Å². The van der Waals surface area contributed by atoms with Gasteiger partial charge in [-0.2, -0.15) is 0 Å². The topological polar surface area (TPSA) is 85.1 Å². The number of benzene rings is 1. The van der Waals surface area contributed by atoms with E-state index in [1.165, 1.54) is 0 Å². The first-order valence-electron chi connectivity index (χ1n) is 7.15. The van der Waals surface area contributed by atoms with E-state index in [9.17, 15) is 8.42 Å². The van der Waals surface area contributed by atoms with Crippen molar-refractivity contribution in [3.8, 4) is 0 Å². The summed E-state index contributed by atoms with van der Waals surface area (Å²) in [4.78, 5) is 4.48. The molecule has 2 unspecified atom stereocenters. The molecule has 1 aromatic heterocycles. The molecule has 0 spiro atoms. The van der Waals surface area contributed by atoms with Gasteiger partial charge in [0, 0.05) is 24.2 Å². The van der Waals surface area contributed by atoms with Gasteiger partial charge in [-0.25, -0.2) is 13.1 Å². The molecule has 0 saturated heterocycles. The maximum absolute atomic E-state index is 12.5. The van der Waals surface area contributed by atoms with Gasteiger partial charge in [-0.15, -0.1) is 0 Å². The fraction of sp³-hybridized carbons (Fsp3) is 0.400. The Bertz CT molecular complexity index is 740. The molecule has 112 valence electrons. The lowest BCUT2D eigenvalue weighted by atomic mass is 10.1. The molecule has 5 nitrogen and oxygen atoms in total. The molecule has 1 aliphatic carbocycles. The Morgan fingerprint density at radius 2 is 2.10 bits per heavy atom. The van der Waals surface area contributed by atoms with Crippen LogP contribution in [0.2, 0.25) is 0 Å². The van der Waals surface area contributed by atoms with Crippen molar-refractivity contribution >= 4 is 20.9 Å². The SMILES string of the molecule is NC1CCC(CNS(=O)(=O)c2cccc3ncccc23)C1. The molecule has 2 aromatic rings. The molecule has 6 heteroatoms. The maximum atomic E-state index is 12.5. The third-order valence-corrected chi connectivity index (χ3v) is 5.52. The molecule has 0 aliphatic heterocycles. The maximum Gasteiger partial charge on any atom is 0.241 e. The lowest BCUT2D eigenvalue weighted by molar-refractivity contribution is 0.513. The van der Waals surface area contributed by atoms with Gasteiger partial charge in [-0.1, -0.05) is 6.07 Å². The van der Waals surface area contributed by atoms with Crippen LogP contribution >= 0.6 is 0 Å². The van der Waals surface area contributed by atoms with Crippen LogP contribution in [0.5, 0.6) is 0 Å². The third-order valence-electron chi connectivity index (χ3n) is 4.04. The molecule has 21 heavy (non-hydrogen) atoms. The van der Waals surface area contributed by atoms with Gasteiger partial charge < -0.3 is 5.73 Å². The van der Waals surface area contributed by atoms with Crippen LogP contribution in [0.3, 0.4) is 0 Å². The Morgan fingerprint density at radius 3 is 2.86 bits per heavy atom. The second kappa shape index (κ2) is 5.71. The summed E-state index contributed by atoms with van der Waals surface area (Å²) < 4.78 is 27.7. The van der Waals surface area contributed by atoms with Crippen LogP contribution in [-0.2, 0) is 10.0 Å². The zero-order valence-corrected chi connectivity index (χ0v) is 12.5. The Morgan fingerprint density at radius 1 is 1.24 bits per heavy atom. The Kier molecular flexibility index (Phi) is 3.93. The summed E-state index contributed by atoms with van der Waals surface area (Å²) in [5, 5.41) is 0.649. The van der Waals surface area contributed by atoms with Gasteiger partial charge in [0.05, 0.1) is 10.4 Å². The number of sulfonamides is 1. The van der Waals surface area contributed by atoms with Crippen LogP contribution in [-0.4, -0.2) is 26.0 Å². The highest BCUT2D eigenvalue weighted by atomic mass is 32.2. The van der Waals surface area contributed by atoms with Gasteiger partial charge >= 0.3 is 0 Å². The summed E-state index contributed by atoms with van der Waals surface area (Å²) in [5.74, 6) is 0.336. The smallest absolute Gasteiger partial charge is 0.241 e. The van der Waals surface area contributed by atoms with Crippen LogP contribution in [0.15, 0.2) is 41.4 Å². The lowest BCUT2D eigenvalue weighted by Crippen LogP contribution is -2.29. The number of nitrogens with one attached hydrogen (secondary N) is 1. The van der Waals surface area contributed by atoms with Gasteiger partial charge in [-0.05, 0) is 49.4 Å². The number of nitrogens with two attached hydrogens (primary N) is 1. The zero-order chi connectivity index (χ0) is 14.9. The van der Waals surface area contributed by atoms with E-state index in [0.29, 0.717) is 23.4 Å². The van der Waals surface area contributed by atoms with Crippen molar-refractivity contribution in [2.45, 2.75) is 30.2 Å². The number of hydrogen-bond acceptors (Lipinski definition) is 4. The number of nitrogens with zero attached hydrogens (tertiary/aromatic N) is 1. The molecule has 2 atom stereocenters. The minimum atomic E-state index is -3.52. The first kappa shape index (κ1) is 14.4. The van der Waals surface area contributed by atoms with Crippen LogP contribution in [0.25, 0.3) is 10.9 Å². The molecule has 1 aliphatic rings. The van der Waals surface area contributed by atoms with E-state index in [-0.39, 0.29) is 10.9 Å². The van der Waals surface area contributed by atoms with Crippen LogP contribution in [0.1, 0.15) is 19.3 Å². The Balaban J connectivity index is 1.83. The van der Waals surface area contributed by atoms with Gasteiger partial charge in [-0.3, -0.25) is 4.98 Å². The van der Waals surface area contributed by atoms with Crippen molar-refractivity contribution in [2.75, 3.05) is 6.54 Å². The lowest BCUT2D eigenvalue weighted by Gasteiger charge is -2.13. The van der Waals surface area contributed by atoms with E-state index in [1.807, 2.05) is 6.07 Å². The fourth-order valence-corrected chi connectivity index (χ4v) is 4.24. The van der Waals surface area contributed by atoms with Crippen LogP contribution in [0.4, 0.5) is 0 Å².